The second kappa shape index (κ2) is 5.72. The quantitative estimate of drug-likeness (QED) is 0.773. The summed E-state index contributed by atoms with van der Waals surface area (Å²) < 4.78 is 48.0. The minimum Gasteiger partial charge on any atom is -0.324 e. The zero-order valence-electron chi connectivity index (χ0n) is 9.49. The molecule has 7 heteroatoms. The lowest BCUT2D eigenvalue weighted by molar-refractivity contribution is -0.147. The van der Waals surface area contributed by atoms with Crippen molar-refractivity contribution in [3.63, 3.8) is 0 Å². The molecule has 17 heavy (non-hydrogen) atoms. The lowest BCUT2D eigenvalue weighted by Crippen LogP contribution is -2.27. The standard InChI is InChI=1S/C10H18F3O3P/c11-10(12,13)6-9(7-17(14,15)16)8-4-2-1-3-5-8/h8-9H,1-7H2,(H2,14,15,16). The largest absolute Gasteiger partial charge is 0.389 e. The predicted molar refractivity (Wildman–Crippen MR) is 57.6 cm³/mol. The van der Waals surface area contributed by atoms with E-state index in [1.807, 2.05) is 0 Å². The molecule has 0 aromatic carbocycles. The first kappa shape index (κ1) is 15.0. The van der Waals surface area contributed by atoms with Crippen LogP contribution in [0.5, 0.6) is 0 Å². The van der Waals surface area contributed by atoms with Gasteiger partial charge in [0, 0.05) is 6.42 Å². The third kappa shape index (κ3) is 6.43. The Labute approximate surface area is 98.6 Å². The van der Waals surface area contributed by atoms with Crippen molar-refractivity contribution < 1.29 is 27.5 Å². The molecule has 1 aliphatic carbocycles. The molecule has 0 aromatic rings. The summed E-state index contributed by atoms with van der Waals surface area (Å²) in [7, 11) is -4.37. The molecular formula is C10H18F3O3P. The van der Waals surface area contributed by atoms with Crippen LogP contribution in [-0.4, -0.2) is 22.1 Å². The Balaban J connectivity index is 2.67. The highest BCUT2D eigenvalue weighted by Gasteiger charge is 2.38. The van der Waals surface area contributed by atoms with Gasteiger partial charge in [-0.1, -0.05) is 32.1 Å². The van der Waals surface area contributed by atoms with E-state index in [4.69, 9.17) is 9.79 Å². The van der Waals surface area contributed by atoms with Gasteiger partial charge in [0.2, 0.25) is 0 Å². The van der Waals surface area contributed by atoms with Crippen LogP contribution in [0.2, 0.25) is 0 Å². The summed E-state index contributed by atoms with van der Waals surface area (Å²) in [6, 6.07) is 0. The Morgan fingerprint density at radius 3 is 2.12 bits per heavy atom. The van der Waals surface area contributed by atoms with Gasteiger partial charge in [-0.05, 0) is 11.8 Å². The van der Waals surface area contributed by atoms with Crippen molar-refractivity contribution in [1.82, 2.24) is 0 Å². The summed E-state index contributed by atoms with van der Waals surface area (Å²) in [6.07, 6.45) is -2.04. The van der Waals surface area contributed by atoms with Crippen molar-refractivity contribution in [2.45, 2.75) is 44.7 Å². The molecule has 102 valence electrons. The Hall–Kier alpha value is -0.0600. The average Bonchev–Trinajstić information content (AvgIpc) is 2.14. The fraction of sp³-hybridized carbons (Fsp3) is 1.00. The van der Waals surface area contributed by atoms with Crippen LogP contribution in [0.15, 0.2) is 0 Å². The number of alkyl halides is 3. The molecule has 1 aliphatic rings. The molecule has 0 bridgehead atoms. The molecule has 0 saturated heterocycles. The maximum absolute atomic E-state index is 12.4. The number of halogens is 3. The first-order valence-corrected chi connectivity index (χ1v) is 7.58. The first-order valence-electron chi connectivity index (χ1n) is 5.79. The summed E-state index contributed by atoms with van der Waals surface area (Å²) in [5, 5.41) is 0. The highest BCUT2D eigenvalue weighted by Crippen LogP contribution is 2.45. The van der Waals surface area contributed by atoms with Crippen LogP contribution in [0, 0.1) is 11.8 Å². The zero-order chi connectivity index (χ0) is 13.1. The van der Waals surface area contributed by atoms with Gasteiger partial charge in [-0.2, -0.15) is 13.2 Å². The lowest BCUT2D eigenvalue weighted by Gasteiger charge is -2.31. The average molecular weight is 274 g/mol. The van der Waals surface area contributed by atoms with Gasteiger partial charge in [-0.15, -0.1) is 0 Å². The van der Waals surface area contributed by atoms with Crippen LogP contribution in [0.1, 0.15) is 38.5 Å². The molecule has 1 fully saturated rings. The van der Waals surface area contributed by atoms with Crippen molar-refractivity contribution in [3.05, 3.63) is 0 Å². The van der Waals surface area contributed by atoms with E-state index < -0.39 is 32.3 Å². The van der Waals surface area contributed by atoms with E-state index in [0.717, 1.165) is 19.3 Å². The Bertz CT molecular complexity index is 281. The molecule has 3 nitrogen and oxygen atoms in total. The molecule has 0 heterocycles. The van der Waals surface area contributed by atoms with Gasteiger partial charge in [0.1, 0.15) is 0 Å². The maximum atomic E-state index is 12.4. The zero-order valence-corrected chi connectivity index (χ0v) is 10.4. The normalized spacial score (nSPS) is 21.5. The molecule has 1 saturated carbocycles. The van der Waals surface area contributed by atoms with E-state index in [2.05, 4.69) is 0 Å². The third-order valence-electron chi connectivity index (χ3n) is 3.28. The monoisotopic (exact) mass is 274 g/mol. The van der Waals surface area contributed by atoms with Gasteiger partial charge in [-0.25, -0.2) is 0 Å². The smallest absolute Gasteiger partial charge is 0.324 e. The molecule has 1 atom stereocenters. The fourth-order valence-electron chi connectivity index (χ4n) is 2.59. The maximum Gasteiger partial charge on any atom is 0.389 e. The van der Waals surface area contributed by atoms with Crippen molar-refractivity contribution in [2.75, 3.05) is 6.16 Å². The minimum atomic E-state index is -4.37. The van der Waals surface area contributed by atoms with Crippen LogP contribution >= 0.6 is 7.60 Å². The summed E-state index contributed by atoms with van der Waals surface area (Å²) in [6.45, 7) is 0. The van der Waals surface area contributed by atoms with E-state index in [0.29, 0.717) is 12.8 Å². The highest BCUT2D eigenvalue weighted by molar-refractivity contribution is 7.51. The molecule has 0 radical (unpaired) electrons. The van der Waals surface area contributed by atoms with E-state index in [-0.39, 0.29) is 5.92 Å². The van der Waals surface area contributed by atoms with Gasteiger partial charge in [0.05, 0.1) is 6.16 Å². The SMILES string of the molecule is O=P(O)(O)CC(CC(F)(F)F)C1CCCCC1. The molecular weight excluding hydrogens is 256 g/mol. The van der Waals surface area contributed by atoms with Crippen LogP contribution in [0.3, 0.4) is 0 Å². The molecule has 1 unspecified atom stereocenters. The topological polar surface area (TPSA) is 57.5 Å². The van der Waals surface area contributed by atoms with Crippen LogP contribution in [0.4, 0.5) is 13.2 Å². The van der Waals surface area contributed by atoms with E-state index in [1.54, 1.807) is 0 Å². The second-order valence-corrected chi connectivity index (χ2v) is 6.52. The summed E-state index contributed by atoms with van der Waals surface area (Å²) in [5.41, 5.74) is 0. The molecule has 0 amide bonds. The van der Waals surface area contributed by atoms with Gasteiger partial charge in [-0.3, -0.25) is 4.57 Å². The summed E-state index contributed by atoms with van der Waals surface area (Å²) in [5.74, 6) is -1.13. The van der Waals surface area contributed by atoms with E-state index in [9.17, 15) is 17.7 Å². The molecule has 0 spiro atoms. The van der Waals surface area contributed by atoms with Crippen LogP contribution in [0.25, 0.3) is 0 Å². The van der Waals surface area contributed by atoms with E-state index >= 15 is 0 Å². The van der Waals surface area contributed by atoms with Crippen LogP contribution < -0.4 is 0 Å². The molecule has 1 rings (SSSR count). The summed E-state index contributed by atoms with van der Waals surface area (Å²) >= 11 is 0. The van der Waals surface area contributed by atoms with Gasteiger partial charge < -0.3 is 9.79 Å². The van der Waals surface area contributed by atoms with Crippen molar-refractivity contribution in [2.24, 2.45) is 11.8 Å². The lowest BCUT2D eigenvalue weighted by atomic mass is 9.79. The number of hydrogen-bond acceptors (Lipinski definition) is 1. The Kier molecular flexibility index (Phi) is 5.05. The Morgan fingerprint density at radius 1 is 1.18 bits per heavy atom. The van der Waals surface area contributed by atoms with Crippen molar-refractivity contribution in [1.29, 1.82) is 0 Å². The van der Waals surface area contributed by atoms with Gasteiger partial charge in [0.15, 0.2) is 0 Å². The molecule has 0 aromatic heterocycles. The van der Waals surface area contributed by atoms with E-state index in [1.165, 1.54) is 0 Å². The van der Waals surface area contributed by atoms with Crippen molar-refractivity contribution in [3.8, 4) is 0 Å². The molecule has 2 N–H and O–H groups in total. The Morgan fingerprint density at radius 2 is 1.71 bits per heavy atom. The number of hydrogen-bond donors (Lipinski definition) is 2. The predicted octanol–water partition coefficient (Wildman–Crippen LogP) is 3.31. The minimum absolute atomic E-state index is 0.196. The third-order valence-corrected chi connectivity index (χ3v) is 4.23. The highest BCUT2D eigenvalue weighted by atomic mass is 31.2. The number of rotatable bonds is 4. The van der Waals surface area contributed by atoms with Gasteiger partial charge >= 0.3 is 13.8 Å². The second-order valence-electron chi connectivity index (χ2n) is 4.82. The molecule has 0 aliphatic heterocycles. The summed E-state index contributed by atoms with van der Waals surface area (Å²) in [4.78, 5) is 17.7. The first-order chi connectivity index (χ1) is 7.67. The van der Waals surface area contributed by atoms with Crippen LogP contribution in [-0.2, 0) is 4.57 Å². The fourth-order valence-corrected chi connectivity index (χ4v) is 3.63. The van der Waals surface area contributed by atoms with Gasteiger partial charge in [0.25, 0.3) is 0 Å². The van der Waals surface area contributed by atoms with Crippen molar-refractivity contribution >= 4 is 7.60 Å².